The van der Waals surface area contributed by atoms with Gasteiger partial charge in [-0.25, -0.2) is 5.43 Å². The number of carbonyl (C=O) groups is 1. The van der Waals surface area contributed by atoms with Gasteiger partial charge in [-0.05, 0) is 60.7 Å². The molecule has 5 nitrogen and oxygen atoms in total. The summed E-state index contributed by atoms with van der Waals surface area (Å²) >= 11 is 6.27. The zero-order chi connectivity index (χ0) is 21.4. The molecule has 0 spiro atoms. The Balaban J connectivity index is 0.00000145. The Labute approximate surface area is 186 Å². The molecule has 0 aliphatic heterocycles. The molecule has 0 saturated carbocycles. The number of hydrogen-bond donors (Lipinski definition) is 3. The number of nitrogens with zero attached hydrogens (tertiary/aromatic N) is 1. The Morgan fingerprint density at radius 2 is 1.72 bits per heavy atom. The van der Waals surface area contributed by atoms with Crippen LogP contribution in [0.2, 0.25) is 0 Å². The molecule has 3 aromatic carbocycles. The van der Waals surface area contributed by atoms with Crippen molar-refractivity contribution in [2.75, 3.05) is 0 Å². The van der Waals surface area contributed by atoms with E-state index in [0.29, 0.717) is 22.9 Å². The van der Waals surface area contributed by atoms with E-state index in [9.17, 15) is 15.0 Å². The van der Waals surface area contributed by atoms with Crippen LogP contribution in [0.3, 0.4) is 0 Å². The van der Waals surface area contributed by atoms with E-state index in [4.69, 9.17) is 0 Å². The third kappa shape index (κ3) is 6.05. The average molecular weight is 522 g/mol. The standard InChI is InChI=1S/C20H16Br2N2O3.C2H6/c21-16-10-15(19(26)18(22)20(16)27)11-23-24-17(25)8-6-12-5-7-13-3-1-2-4-14(13)9-12;1-2/h1-5,7,9-11,26-27H,6,8H2,(H,24,25);1-2H3/b23-11-;. The van der Waals surface area contributed by atoms with Crippen LogP contribution in [-0.2, 0) is 11.2 Å². The van der Waals surface area contributed by atoms with Gasteiger partial charge in [-0.15, -0.1) is 0 Å². The van der Waals surface area contributed by atoms with E-state index < -0.39 is 0 Å². The summed E-state index contributed by atoms with van der Waals surface area (Å²) < 4.78 is 0.553. The van der Waals surface area contributed by atoms with Gasteiger partial charge in [0.15, 0.2) is 0 Å². The second kappa shape index (κ2) is 11.0. The lowest BCUT2D eigenvalue weighted by Gasteiger charge is -2.06. The zero-order valence-corrected chi connectivity index (χ0v) is 19.3. The van der Waals surface area contributed by atoms with Gasteiger partial charge in [0.05, 0.1) is 10.7 Å². The Kier molecular flexibility index (Phi) is 8.67. The van der Waals surface area contributed by atoms with E-state index in [1.54, 1.807) is 0 Å². The van der Waals surface area contributed by atoms with Crippen molar-refractivity contribution in [2.45, 2.75) is 26.7 Å². The summed E-state index contributed by atoms with van der Waals surface area (Å²) in [5.74, 6) is -0.496. The third-order valence-corrected chi connectivity index (χ3v) is 5.40. The summed E-state index contributed by atoms with van der Waals surface area (Å²) in [5.41, 5.74) is 3.87. The molecule has 0 aliphatic rings. The predicted molar refractivity (Wildman–Crippen MR) is 125 cm³/mol. The third-order valence-electron chi connectivity index (χ3n) is 4.05. The minimum atomic E-state index is -0.226. The Bertz CT molecular complexity index is 1040. The molecule has 1 amide bonds. The molecule has 0 bridgehead atoms. The first-order valence-corrected chi connectivity index (χ1v) is 10.7. The predicted octanol–water partition coefficient (Wildman–Crippen LogP) is 5.89. The number of aryl methyl sites for hydroxylation is 1. The Morgan fingerprint density at radius 3 is 2.45 bits per heavy atom. The average Bonchev–Trinajstić information content (AvgIpc) is 2.75. The molecule has 0 radical (unpaired) electrons. The molecule has 0 saturated heterocycles. The highest BCUT2D eigenvalue weighted by Crippen LogP contribution is 2.40. The van der Waals surface area contributed by atoms with Crippen LogP contribution in [0.15, 0.2) is 62.6 Å². The fraction of sp³-hybridized carbons (Fsp3) is 0.182. The minimum absolute atomic E-state index is 0.107. The van der Waals surface area contributed by atoms with Crippen LogP contribution in [0, 0.1) is 0 Å². The first-order chi connectivity index (χ1) is 14.0. The molecule has 3 N–H and O–H groups in total. The van der Waals surface area contributed by atoms with Gasteiger partial charge in [-0.2, -0.15) is 5.10 Å². The summed E-state index contributed by atoms with van der Waals surface area (Å²) in [5, 5.41) is 25.9. The van der Waals surface area contributed by atoms with Crippen LogP contribution < -0.4 is 5.43 Å². The van der Waals surface area contributed by atoms with E-state index in [1.807, 2.05) is 44.2 Å². The van der Waals surface area contributed by atoms with Gasteiger partial charge >= 0.3 is 0 Å². The summed E-state index contributed by atoms with van der Waals surface area (Å²) in [6.07, 6.45) is 2.22. The van der Waals surface area contributed by atoms with Gasteiger partial charge in [0.1, 0.15) is 16.0 Å². The van der Waals surface area contributed by atoms with Gasteiger partial charge in [0.25, 0.3) is 0 Å². The smallest absolute Gasteiger partial charge is 0.240 e. The normalized spacial score (nSPS) is 10.6. The molecule has 0 unspecified atom stereocenters. The highest BCUT2D eigenvalue weighted by atomic mass is 79.9. The summed E-state index contributed by atoms with van der Waals surface area (Å²) in [6, 6.07) is 15.7. The van der Waals surface area contributed by atoms with Crippen molar-refractivity contribution in [1.29, 1.82) is 0 Å². The first kappa shape index (κ1) is 22.9. The largest absolute Gasteiger partial charge is 0.506 e. The first-order valence-electron chi connectivity index (χ1n) is 9.15. The van der Waals surface area contributed by atoms with E-state index in [0.717, 1.165) is 10.9 Å². The number of amides is 1. The van der Waals surface area contributed by atoms with Gasteiger partial charge < -0.3 is 10.2 Å². The molecule has 0 heterocycles. The van der Waals surface area contributed by atoms with E-state index in [2.05, 4.69) is 54.5 Å². The molecular weight excluding hydrogens is 500 g/mol. The Morgan fingerprint density at radius 1 is 1.03 bits per heavy atom. The molecule has 3 rings (SSSR count). The van der Waals surface area contributed by atoms with Crippen LogP contribution in [-0.4, -0.2) is 22.3 Å². The maximum atomic E-state index is 12.0. The quantitative estimate of drug-likeness (QED) is 0.289. The molecule has 0 aliphatic carbocycles. The van der Waals surface area contributed by atoms with Gasteiger partial charge in [0, 0.05) is 12.0 Å². The summed E-state index contributed by atoms with van der Waals surface area (Å²) in [4.78, 5) is 12.0. The second-order valence-corrected chi connectivity index (χ2v) is 7.58. The van der Waals surface area contributed by atoms with Crippen LogP contribution >= 0.6 is 31.9 Å². The van der Waals surface area contributed by atoms with Crippen molar-refractivity contribution >= 4 is 54.8 Å². The van der Waals surface area contributed by atoms with Crippen LogP contribution in [0.4, 0.5) is 0 Å². The van der Waals surface area contributed by atoms with E-state index in [-0.39, 0.29) is 21.9 Å². The molecule has 0 aromatic heterocycles. The number of fused-ring (bicyclic) bond motifs is 1. The van der Waals surface area contributed by atoms with Crippen LogP contribution in [0.25, 0.3) is 10.8 Å². The lowest BCUT2D eigenvalue weighted by atomic mass is 10.0. The summed E-state index contributed by atoms with van der Waals surface area (Å²) in [7, 11) is 0. The molecule has 152 valence electrons. The molecule has 0 atom stereocenters. The van der Waals surface area contributed by atoms with Crippen molar-refractivity contribution in [2.24, 2.45) is 5.10 Å². The topological polar surface area (TPSA) is 81.9 Å². The van der Waals surface area contributed by atoms with Gasteiger partial charge in [-0.1, -0.05) is 56.3 Å². The van der Waals surface area contributed by atoms with E-state index in [1.165, 1.54) is 17.7 Å². The van der Waals surface area contributed by atoms with Crippen LogP contribution in [0.5, 0.6) is 11.5 Å². The van der Waals surface area contributed by atoms with Gasteiger partial charge in [0.2, 0.25) is 5.91 Å². The minimum Gasteiger partial charge on any atom is -0.506 e. The monoisotopic (exact) mass is 520 g/mol. The van der Waals surface area contributed by atoms with Crippen LogP contribution in [0.1, 0.15) is 31.4 Å². The number of halogens is 2. The van der Waals surface area contributed by atoms with Crippen molar-refractivity contribution in [3.63, 3.8) is 0 Å². The second-order valence-electron chi connectivity index (χ2n) is 5.93. The molecule has 7 heteroatoms. The number of benzene rings is 3. The van der Waals surface area contributed by atoms with Crippen molar-refractivity contribution in [1.82, 2.24) is 5.43 Å². The number of hydrazone groups is 1. The van der Waals surface area contributed by atoms with Crippen molar-refractivity contribution in [3.05, 3.63) is 68.6 Å². The number of rotatable bonds is 5. The lowest BCUT2D eigenvalue weighted by Crippen LogP contribution is -2.17. The number of nitrogens with one attached hydrogen (secondary N) is 1. The number of phenolic OH excluding ortho intramolecular Hbond substituents is 2. The highest BCUT2D eigenvalue weighted by Gasteiger charge is 2.12. The van der Waals surface area contributed by atoms with Gasteiger partial charge in [-0.3, -0.25) is 4.79 Å². The fourth-order valence-electron chi connectivity index (χ4n) is 2.60. The van der Waals surface area contributed by atoms with E-state index >= 15 is 0 Å². The molecule has 0 fully saturated rings. The zero-order valence-electron chi connectivity index (χ0n) is 16.1. The number of aromatic hydroxyl groups is 2. The molecular formula is C22H22Br2N2O3. The van der Waals surface area contributed by atoms with Crippen molar-refractivity contribution in [3.8, 4) is 11.5 Å². The lowest BCUT2D eigenvalue weighted by molar-refractivity contribution is -0.121. The number of phenols is 2. The highest BCUT2D eigenvalue weighted by molar-refractivity contribution is 9.11. The number of carbonyl (C=O) groups excluding carboxylic acids is 1. The van der Waals surface area contributed by atoms with Crippen molar-refractivity contribution < 1.29 is 15.0 Å². The summed E-state index contributed by atoms with van der Waals surface area (Å²) in [6.45, 7) is 4.00. The molecule has 29 heavy (non-hydrogen) atoms. The maximum absolute atomic E-state index is 12.0. The number of hydrogen-bond acceptors (Lipinski definition) is 4. The fourth-order valence-corrected chi connectivity index (χ4v) is 3.75. The SMILES string of the molecule is CC.O=C(CCc1ccc2ccccc2c1)N/N=C\c1cc(Br)c(O)c(Br)c1O. The maximum Gasteiger partial charge on any atom is 0.240 e. The molecule has 3 aromatic rings. The Hall–Kier alpha value is -2.38.